The molecule has 5 N–H and O–H groups in total. The molecular weight excluding hydrogens is 1200 g/mol. The largest absolute Gasteiger partial charge is 0.496 e. The molecule has 0 spiro atoms. The van der Waals surface area contributed by atoms with Gasteiger partial charge < -0.3 is 73.2 Å². The highest BCUT2D eigenvalue weighted by molar-refractivity contribution is 5.90. The number of piperidine rings is 2. The predicted molar refractivity (Wildman–Crippen MR) is 354 cm³/mol. The molecule has 8 rings (SSSR count). The highest BCUT2D eigenvalue weighted by Crippen LogP contribution is 2.40. The molecule has 0 saturated carbocycles. The Morgan fingerprint density at radius 3 is 1.46 bits per heavy atom. The molecule has 0 aliphatic carbocycles. The third-order valence-corrected chi connectivity index (χ3v) is 18.2. The monoisotopic (exact) mass is 1290 g/mol. The number of hydrogen-bond acceptors (Lipinski definition) is 17. The van der Waals surface area contributed by atoms with Gasteiger partial charge in [0.05, 0.1) is 86.5 Å². The molecule has 506 valence electrons. The minimum absolute atomic E-state index is 0.220. The van der Waals surface area contributed by atoms with Gasteiger partial charge in [-0.2, -0.15) is 0 Å². The zero-order valence-corrected chi connectivity index (χ0v) is 55.4. The first-order valence-corrected chi connectivity index (χ1v) is 32.9. The zero-order chi connectivity index (χ0) is 67.3. The highest BCUT2D eigenvalue weighted by atomic mass is 16.6. The Morgan fingerprint density at radius 2 is 0.979 bits per heavy atom. The molecule has 6 atom stereocenters. The van der Waals surface area contributed by atoms with Gasteiger partial charge >= 0.3 is 11.9 Å². The van der Waals surface area contributed by atoms with Gasteiger partial charge in [-0.25, -0.2) is 9.59 Å². The summed E-state index contributed by atoms with van der Waals surface area (Å²) in [5.74, 6) is 0.219. The van der Waals surface area contributed by atoms with Crippen LogP contribution < -0.4 is 28.4 Å². The first-order valence-electron chi connectivity index (χ1n) is 32.9. The molecule has 2 aliphatic rings. The second-order valence-corrected chi connectivity index (χ2v) is 24.1. The van der Waals surface area contributed by atoms with Gasteiger partial charge in [0.15, 0.2) is 11.5 Å². The Kier molecular flexibility index (Phi) is 26.9. The predicted octanol–water partition coefficient (Wildman–Crippen LogP) is 10.9. The number of aliphatic hydroxyl groups excluding tert-OH is 5. The van der Waals surface area contributed by atoms with Crippen molar-refractivity contribution in [2.24, 2.45) is 0 Å². The second kappa shape index (κ2) is 35.3. The number of methoxy groups -OCH3 is 4. The Balaban J connectivity index is 0.960. The third-order valence-electron chi connectivity index (χ3n) is 18.2. The number of nitrogens with zero attached hydrogens (tertiary/aromatic N) is 2. The number of carbonyl (C=O) groups excluding carboxylic acids is 4. The average Bonchev–Trinajstić information content (AvgIpc) is 0.858. The number of amides is 2. The molecule has 2 saturated heterocycles. The van der Waals surface area contributed by atoms with Crippen molar-refractivity contribution in [2.75, 3.05) is 54.7 Å². The van der Waals surface area contributed by atoms with E-state index in [4.69, 9.17) is 37.9 Å². The first-order chi connectivity index (χ1) is 45.7. The lowest BCUT2D eigenvalue weighted by atomic mass is 9.89. The van der Waals surface area contributed by atoms with E-state index in [1.54, 1.807) is 47.2 Å². The Morgan fingerprint density at radius 1 is 0.489 bits per heavy atom. The zero-order valence-electron chi connectivity index (χ0n) is 55.4. The molecule has 6 aromatic carbocycles. The van der Waals surface area contributed by atoms with Crippen LogP contribution in [0.2, 0.25) is 0 Å². The van der Waals surface area contributed by atoms with Crippen LogP contribution in [-0.4, -0.2) is 126 Å². The lowest BCUT2D eigenvalue weighted by molar-refractivity contribution is -0.162. The topological polar surface area (TPSA) is 250 Å². The molecule has 0 bridgehead atoms. The average molecular weight is 1300 g/mol. The van der Waals surface area contributed by atoms with E-state index < -0.39 is 48.1 Å². The van der Waals surface area contributed by atoms with Crippen molar-refractivity contribution in [3.8, 4) is 34.5 Å². The van der Waals surface area contributed by atoms with Gasteiger partial charge in [-0.05, 0) is 188 Å². The van der Waals surface area contributed by atoms with Crippen LogP contribution in [0.5, 0.6) is 34.5 Å². The summed E-state index contributed by atoms with van der Waals surface area (Å²) in [5, 5.41) is 50.6. The minimum atomic E-state index is -0.855. The van der Waals surface area contributed by atoms with E-state index in [1.807, 2.05) is 99.6 Å². The maximum atomic E-state index is 14.7. The fourth-order valence-electron chi connectivity index (χ4n) is 13.0. The summed E-state index contributed by atoms with van der Waals surface area (Å²) < 4.78 is 48.1. The van der Waals surface area contributed by atoms with Gasteiger partial charge in [-0.1, -0.05) is 74.5 Å². The number of carbonyl (C=O) groups is 4. The molecule has 6 aromatic rings. The smallest absolute Gasteiger partial charge is 0.329 e. The number of hydrogen-bond donors (Lipinski definition) is 5. The first kappa shape index (κ1) is 71.6. The van der Waals surface area contributed by atoms with Gasteiger partial charge in [0, 0.05) is 30.6 Å². The van der Waals surface area contributed by atoms with E-state index in [0.29, 0.717) is 151 Å². The number of likely N-dealkylation sites (tertiary alicyclic amines) is 2. The van der Waals surface area contributed by atoms with Crippen molar-refractivity contribution in [1.82, 2.24) is 9.80 Å². The molecular formula is C75H94N2O17. The van der Waals surface area contributed by atoms with E-state index in [1.165, 1.54) is 21.3 Å². The van der Waals surface area contributed by atoms with Crippen molar-refractivity contribution in [3.05, 3.63) is 176 Å². The van der Waals surface area contributed by atoms with Crippen LogP contribution in [0.4, 0.5) is 0 Å². The van der Waals surface area contributed by atoms with E-state index in [2.05, 4.69) is 0 Å². The normalized spacial score (nSPS) is 16.1. The number of ether oxygens (including phenoxy) is 8. The van der Waals surface area contributed by atoms with Crippen LogP contribution in [0.3, 0.4) is 0 Å². The van der Waals surface area contributed by atoms with Gasteiger partial charge in [0.2, 0.25) is 11.8 Å². The molecule has 0 radical (unpaired) electrons. The van der Waals surface area contributed by atoms with Crippen LogP contribution in [-0.2, 0) is 74.5 Å². The van der Waals surface area contributed by atoms with E-state index in [0.717, 1.165) is 47.3 Å². The van der Waals surface area contributed by atoms with E-state index >= 15 is 0 Å². The summed E-state index contributed by atoms with van der Waals surface area (Å²) in [4.78, 5) is 61.9. The van der Waals surface area contributed by atoms with Crippen LogP contribution in [0.25, 0.3) is 0 Å². The molecule has 2 fully saturated rings. The quantitative estimate of drug-likeness (QED) is 0.0190. The van der Waals surface area contributed by atoms with Crippen LogP contribution in [0, 0.1) is 6.92 Å². The molecule has 19 nitrogen and oxygen atoms in total. The molecule has 2 aliphatic heterocycles. The summed E-state index contributed by atoms with van der Waals surface area (Å²) in [5.41, 5.74) is 8.15. The van der Waals surface area contributed by atoms with Crippen molar-refractivity contribution in [2.45, 2.75) is 173 Å². The fraction of sp³-hybridized carbons (Fsp3) is 0.467. The highest BCUT2D eigenvalue weighted by Gasteiger charge is 2.40. The van der Waals surface area contributed by atoms with E-state index in [9.17, 15) is 44.7 Å². The van der Waals surface area contributed by atoms with Gasteiger partial charge in [0.25, 0.3) is 0 Å². The van der Waals surface area contributed by atoms with Gasteiger partial charge in [-0.3, -0.25) is 9.59 Å². The molecule has 0 aromatic heterocycles. The molecule has 2 heterocycles. The van der Waals surface area contributed by atoms with Crippen molar-refractivity contribution >= 4 is 23.8 Å². The minimum Gasteiger partial charge on any atom is -0.496 e. The summed E-state index contributed by atoms with van der Waals surface area (Å²) >= 11 is 0. The summed E-state index contributed by atoms with van der Waals surface area (Å²) in [6.45, 7) is 5.58. The molecule has 2 amide bonds. The number of aliphatic hydroxyl groups is 5. The fourth-order valence-corrected chi connectivity index (χ4v) is 13.0. The Labute approximate surface area is 552 Å². The standard InChI is InChI=1S/C75H94N2O17/c1-8-61(54-37-57(45-80)63(47-82)69(41-54)88-5)72(83)76-31-12-10-21-64(76)75(86)94-67(30-27-50-24-23-48(3)68(36-50)87-4)52-18-15-20-60(40-52)92-34-16-33-91-59-19-14-17-51(39-59)66(29-26-49-25-28-53(43-78)56(35-49)44-79)93-74(85)65-22-11-13-32-77(65)73(84)62(9-2)55-38-58(46-81)71(90-7)70(42-55)89-6/h14-15,17-20,23-25,28,35-42,61-62,64-67,78-82H,8-13,16,21-22,26-27,29-34,43-47H2,1-7H3. The lowest BCUT2D eigenvalue weighted by Crippen LogP contribution is -2.50. The summed E-state index contributed by atoms with van der Waals surface area (Å²) in [6.07, 6.45) is 5.33. The van der Waals surface area contributed by atoms with Crippen LogP contribution in [0.1, 0.15) is 175 Å². The van der Waals surface area contributed by atoms with Crippen LogP contribution in [0.15, 0.2) is 109 Å². The number of rotatable bonds is 33. The summed E-state index contributed by atoms with van der Waals surface area (Å²) in [7, 11) is 6.10. The number of esters is 2. The Bertz CT molecular complexity index is 3450. The van der Waals surface area contributed by atoms with Crippen molar-refractivity contribution < 1.29 is 82.6 Å². The Hall–Kier alpha value is -8.20. The second-order valence-electron chi connectivity index (χ2n) is 24.1. The van der Waals surface area contributed by atoms with Crippen LogP contribution >= 0.6 is 0 Å². The molecule has 6 unspecified atom stereocenters. The van der Waals surface area contributed by atoms with E-state index in [-0.39, 0.29) is 58.1 Å². The van der Waals surface area contributed by atoms with Crippen molar-refractivity contribution in [3.63, 3.8) is 0 Å². The lowest BCUT2D eigenvalue weighted by Gasteiger charge is -2.37. The van der Waals surface area contributed by atoms with Crippen molar-refractivity contribution in [1.29, 1.82) is 0 Å². The number of benzene rings is 6. The maximum Gasteiger partial charge on any atom is 0.329 e. The maximum absolute atomic E-state index is 14.7. The molecule has 94 heavy (non-hydrogen) atoms. The SMILES string of the molecule is CCC(C(=O)N1CCCCC1C(=O)OC(CCc1ccc(C)c(OC)c1)c1cccc(OCCCOc2cccc(C(CCc3ccc(CO)c(CO)c3)OC(=O)C3CCCCN3C(=O)C(CC)c3cc(CO)c(OC)c(OC)c3)c2)c1)c1cc(CO)c(CO)c(OC)c1. The third kappa shape index (κ3) is 17.8. The molecule has 19 heteroatoms. The van der Waals surface area contributed by atoms with Gasteiger partial charge in [-0.15, -0.1) is 0 Å². The number of aryl methyl sites for hydroxylation is 3. The van der Waals surface area contributed by atoms with Gasteiger partial charge in [0.1, 0.15) is 47.3 Å². The summed E-state index contributed by atoms with van der Waals surface area (Å²) in [6, 6.07) is 31.7.